The zero-order valence-corrected chi connectivity index (χ0v) is 22.9. The van der Waals surface area contributed by atoms with Crippen molar-refractivity contribution in [2.24, 2.45) is 10.7 Å². The van der Waals surface area contributed by atoms with E-state index in [0.29, 0.717) is 29.9 Å². The maximum Gasteiger partial charge on any atom is 0.251 e. The van der Waals surface area contributed by atoms with E-state index in [9.17, 15) is 14.7 Å². The second-order valence-corrected chi connectivity index (χ2v) is 11.3. The molecule has 0 aliphatic carbocycles. The number of amides is 2. The summed E-state index contributed by atoms with van der Waals surface area (Å²) >= 11 is 0. The normalized spacial score (nSPS) is 24.6. The molecule has 9 nitrogen and oxygen atoms in total. The highest BCUT2D eigenvalue weighted by molar-refractivity contribution is 5.99. The van der Waals surface area contributed by atoms with E-state index in [1.165, 1.54) is 4.90 Å². The summed E-state index contributed by atoms with van der Waals surface area (Å²) in [6.07, 6.45) is 0.700. The van der Waals surface area contributed by atoms with Crippen LogP contribution in [0.4, 0.5) is 0 Å². The number of aliphatic hydroxyl groups is 1. The number of benzene rings is 2. The van der Waals surface area contributed by atoms with E-state index in [4.69, 9.17) is 15.2 Å². The Morgan fingerprint density at radius 3 is 2.61 bits per heavy atom. The Labute approximate surface area is 224 Å². The molecule has 0 saturated heterocycles. The van der Waals surface area contributed by atoms with Crippen molar-refractivity contribution in [3.05, 3.63) is 65.2 Å². The van der Waals surface area contributed by atoms with E-state index >= 15 is 0 Å². The lowest BCUT2D eigenvalue weighted by Crippen LogP contribution is -2.62. The molecule has 0 aromatic heterocycles. The Bertz CT molecular complexity index is 1250. The topological polar surface area (TPSA) is 126 Å². The van der Waals surface area contributed by atoms with Gasteiger partial charge in [-0.25, -0.2) is 4.99 Å². The van der Waals surface area contributed by atoms with Gasteiger partial charge in [-0.1, -0.05) is 30.3 Å². The first-order valence-corrected chi connectivity index (χ1v) is 12.8. The largest absolute Gasteiger partial charge is 0.484 e. The van der Waals surface area contributed by atoms with Crippen LogP contribution in [0.15, 0.2) is 53.5 Å². The van der Waals surface area contributed by atoms with E-state index in [-0.39, 0.29) is 24.2 Å². The molecule has 0 saturated carbocycles. The van der Waals surface area contributed by atoms with Crippen LogP contribution < -0.4 is 15.8 Å². The summed E-state index contributed by atoms with van der Waals surface area (Å²) in [6.45, 7) is 9.39. The lowest BCUT2D eigenvalue weighted by atomic mass is 9.75. The highest BCUT2D eigenvalue weighted by Gasteiger charge is 2.53. The maximum absolute atomic E-state index is 13.6. The third-order valence-electron chi connectivity index (χ3n) is 7.61. The summed E-state index contributed by atoms with van der Waals surface area (Å²) in [5.74, 6) is 0.279. The molecule has 2 aliphatic rings. The first-order valence-electron chi connectivity index (χ1n) is 12.8. The van der Waals surface area contributed by atoms with Crippen LogP contribution in [0.2, 0.25) is 0 Å². The van der Waals surface area contributed by atoms with Crippen LogP contribution in [0.3, 0.4) is 0 Å². The first-order chi connectivity index (χ1) is 17.8. The molecule has 2 aliphatic heterocycles. The van der Waals surface area contributed by atoms with Crippen molar-refractivity contribution in [1.29, 1.82) is 0 Å². The zero-order chi connectivity index (χ0) is 27.9. The summed E-state index contributed by atoms with van der Waals surface area (Å²) in [6, 6.07) is 13.3. The van der Waals surface area contributed by atoms with Crippen LogP contribution in [0.5, 0.6) is 5.75 Å². The molecule has 2 heterocycles. The van der Waals surface area contributed by atoms with Crippen molar-refractivity contribution in [2.75, 3.05) is 13.7 Å². The van der Waals surface area contributed by atoms with Gasteiger partial charge >= 0.3 is 0 Å². The fraction of sp³-hybridized carbons (Fsp3) is 0.483. The monoisotopic (exact) mass is 522 g/mol. The third-order valence-corrected chi connectivity index (χ3v) is 7.61. The van der Waals surface area contributed by atoms with Crippen LogP contribution in [-0.2, 0) is 9.53 Å². The maximum atomic E-state index is 13.6. The molecule has 0 spiro atoms. The molecule has 0 radical (unpaired) electrons. The summed E-state index contributed by atoms with van der Waals surface area (Å²) in [4.78, 5) is 32.7. The van der Waals surface area contributed by atoms with Crippen LogP contribution in [-0.4, -0.2) is 58.2 Å². The number of nitrogens with two attached hydrogens (primary N) is 1. The Morgan fingerprint density at radius 2 is 1.92 bits per heavy atom. The van der Waals surface area contributed by atoms with Gasteiger partial charge in [-0.3, -0.25) is 14.5 Å². The van der Waals surface area contributed by atoms with Gasteiger partial charge in [0.1, 0.15) is 17.0 Å². The second-order valence-electron chi connectivity index (χ2n) is 11.3. The summed E-state index contributed by atoms with van der Waals surface area (Å²) < 4.78 is 11.4. The quantitative estimate of drug-likeness (QED) is 0.511. The number of rotatable bonds is 7. The number of hydrogen-bond acceptors (Lipinski definition) is 7. The molecule has 38 heavy (non-hydrogen) atoms. The van der Waals surface area contributed by atoms with Crippen molar-refractivity contribution in [3.63, 3.8) is 0 Å². The van der Waals surface area contributed by atoms with Gasteiger partial charge in [-0.05, 0) is 64.8 Å². The Balaban J connectivity index is 1.67. The lowest BCUT2D eigenvalue weighted by Gasteiger charge is -2.49. The number of nitrogens with one attached hydrogen (secondary N) is 1. The summed E-state index contributed by atoms with van der Waals surface area (Å²) in [5, 5.41) is 14.5. The number of carbonyl (C=O) groups excluding carboxylic acids is 2. The van der Waals surface area contributed by atoms with Crippen LogP contribution in [0.25, 0.3) is 0 Å². The van der Waals surface area contributed by atoms with E-state index in [0.717, 1.165) is 5.56 Å². The van der Waals surface area contributed by atoms with Gasteiger partial charge in [0.15, 0.2) is 5.96 Å². The van der Waals surface area contributed by atoms with Gasteiger partial charge in [0.05, 0.1) is 24.0 Å². The van der Waals surface area contributed by atoms with Gasteiger partial charge in [-0.15, -0.1) is 0 Å². The molecular formula is C29H38N4O5. The van der Waals surface area contributed by atoms with E-state index < -0.39 is 28.8 Å². The van der Waals surface area contributed by atoms with E-state index in [2.05, 4.69) is 10.3 Å². The standard InChI is InChI=1S/C29H38N4O5/c1-27(2)17-23(34)33(26(30)32-27)21(14-15-37-6)18-10-9-11-19(16-18)25(35)31-24-20-12-7-8-13-22(20)38-28(3,4)29(24,5)36/h7-13,16,21,24,36H,14-15,17H2,1-6H3,(H2,30,32)(H,31,35)/t21-,24-,29+/m1/s1. The molecule has 0 fully saturated rings. The molecule has 4 N–H and O–H groups in total. The Hall–Kier alpha value is -3.43. The predicted molar refractivity (Wildman–Crippen MR) is 145 cm³/mol. The fourth-order valence-electron chi connectivity index (χ4n) is 5.15. The number of para-hydroxylation sites is 1. The number of ether oxygens (including phenoxy) is 2. The summed E-state index contributed by atoms with van der Waals surface area (Å²) in [5.41, 5.74) is 5.18. The number of fused-ring (bicyclic) bond motifs is 1. The van der Waals surface area contributed by atoms with Gasteiger partial charge in [-0.2, -0.15) is 0 Å². The minimum Gasteiger partial charge on any atom is -0.484 e. The lowest BCUT2D eigenvalue weighted by molar-refractivity contribution is -0.137. The van der Waals surface area contributed by atoms with Gasteiger partial charge in [0.25, 0.3) is 5.91 Å². The molecule has 2 aromatic carbocycles. The molecule has 2 aromatic rings. The Morgan fingerprint density at radius 1 is 1.21 bits per heavy atom. The average Bonchev–Trinajstić information content (AvgIpc) is 2.83. The zero-order valence-electron chi connectivity index (χ0n) is 22.9. The van der Waals surface area contributed by atoms with Crippen molar-refractivity contribution >= 4 is 17.8 Å². The molecule has 0 unspecified atom stereocenters. The molecule has 2 amide bonds. The summed E-state index contributed by atoms with van der Waals surface area (Å²) in [7, 11) is 1.60. The number of guanidine groups is 1. The number of hydrogen-bond donors (Lipinski definition) is 3. The van der Waals surface area contributed by atoms with E-state index in [1.807, 2.05) is 44.2 Å². The average molecular weight is 523 g/mol. The van der Waals surface area contributed by atoms with Crippen LogP contribution >= 0.6 is 0 Å². The van der Waals surface area contributed by atoms with Gasteiger partial charge in [0, 0.05) is 24.8 Å². The van der Waals surface area contributed by atoms with Gasteiger partial charge in [0.2, 0.25) is 5.91 Å². The predicted octanol–water partition coefficient (Wildman–Crippen LogP) is 3.48. The third kappa shape index (κ3) is 5.13. The SMILES string of the molecule is COCC[C@H](c1cccc(C(=O)N[C@@H]2c3ccccc3OC(C)(C)[C@@]2(C)O)c1)N1C(=O)CC(C)(C)N=C1N. The molecular weight excluding hydrogens is 484 g/mol. The number of methoxy groups -OCH3 is 1. The van der Waals surface area contributed by atoms with Gasteiger partial charge < -0.3 is 25.6 Å². The fourth-order valence-corrected chi connectivity index (χ4v) is 5.15. The van der Waals surface area contributed by atoms with Crippen LogP contribution in [0, 0.1) is 0 Å². The Kier molecular flexibility index (Phi) is 7.29. The smallest absolute Gasteiger partial charge is 0.251 e. The van der Waals surface area contributed by atoms with Crippen LogP contribution in [0.1, 0.15) is 81.0 Å². The van der Waals surface area contributed by atoms with Crippen molar-refractivity contribution in [1.82, 2.24) is 10.2 Å². The van der Waals surface area contributed by atoms with Crippen molar-refractivity contribution in [2.45, 2.75) is 76.3 Å². The minimum absolute atomic E-state index is 0.129. The number of nitrogens with zero attached hydrogens (tertiary/aromatic N) is 2. The first kappa shape index (κ1) is 27.6. The molecule has 0 bridgehead atoms. The highest BCUT2D eigenvalue weighted by atomic mass is 16.5. The van der Waals surface area contributed by atoms with Crippen molar-refractivity contribution in [3.8, 4) is 5.75 Å². The highest BCUT2D eigenvalue weighted by Crippen LogP contribution is 2.46. The minimum atomic E-state index is -1.40. The van der Waals surface area contributed by atoms with E-state index in [1.54, 1.807) is 46.1 Å². The number of carbonyl (C=O) groups is 2. The molecule has 4 rings (SSSR count). The molecule has 204 valence electrons. The molecule has 3 atom stereocenters. The van der Waals surface area contributed by atoms with Crippen molar-refractivity contribution < 1.29 is 24.2 Å². The molecule has 9 heteroatoms. The number of aliphatic imine (C=N–C) groups is 1. The second kappa shape index (κ2) is 10.0.